The van der Waals surface area contributed by atoms with Crippen molar-refractivity contribution in [3.05, 3.63) is 60.4 Å². The normalized spacial score (nSPS) is 13.9. The van der Waals surface area contributed by atoms with Crippen LogP contribution in [0.2, 0.25) is 0 Å². The van der Waals surface area contributed by atoms with E-state index in [-0.39, 0.29) is 18.1 Å². The van der Waals surface area contributed by atoms with E-state index in [2.05, 4.69) is 20.2 Å². The summed E-state index contributed by atoms with van der Waals surface area (Å²) in [5, 5.41) is 3.51. The number of fused-ring (bicyclic) bond motifs is 1. The zero-order valence-corrected chi connectivity index (χ0v) is 16.7. The van der Waals surface area contributed by atoms with Gasteiger partial charge in [-0.1, -0.05) is 18.2 Å². The summed E-state index contributed by atoms with van der Waals surface area (Å²) in [6.45, 7) is 2.53. The molecular weight excluding hydrogens is 382 g/mol. The number of aromatic nitrogens is 2. The smallest absolute Gasteiger partial charge is 0.270 e. The number of pyridine rings is 2. The van der Waals surface area contributed by atoms with Gasteiger partial charge in [0.2, 0.25) is 5.91 Å². The molecule has 8 heteroatoms. The van der Waals surface area contributed by atoms with Gasteiger partial charge in [-0.2, -0.15) is 0 Å². The fourth-order valence-corrected chi connectivity index (χ4v) is 3.51. The summed E-state index contributed by atoms with van der Waals surface area (Å²) in [6.07, 6.45) is 1.76. The van der Waals surface area contributed by atoms with Crippen molar-refractivity contribution in [1.29, 1.82) is 0 Å². The van der Waals surface area contributed by atoms with Crippen LogP contribution in [0.25, 0.3) is 10.9 Å². The van der Waals surface area contributed by atoms with Gasteiger partial charge in [0, 0.05) is 43.8 Å². The Morgan fingerprint density at radius 1 is 1.07 bits per heavy atom. The number of methoxy groups -OCH3 is 1. The number of anilines is 1. The van der Waals surface area contributed by atoms with Crippen LogP contribution in [0.5, 0.6) is 5.75 Å². The molecule has 2 aromatic heterocycles. The van der Waals surface area contributed by atoms with Gasteiger partial charge in [-0.15, -0.1) is 0 Å². The number of nitrogens with one attached hydrogen (secondary N) is 1. The zero-order valence-electron chi connectivity index (χ0n) is 16.7. The van der Waals surface area contributed by atoms with E-state index in [0.29, 0.717) is 37.4 Å². The van der Waals surface area contributed by atoms with Crippen molar-refractivity contribution in [3.63, 3.8) is 0 Å². The van der Waals surface area contributed by atoms with Gasteiger partial charge in [0.05, 0.1) is 19.2 Å². The standard InChI is InChI=1S/C22H23N5O3/c1-30-19-14-18(25-17-7-3-2-6-16(17)19)22(29)24-15-21(28)27-12-10-26(11-13-27)20-8-4-5-9-23-20/h2-9,14H,10-13,15H2,1H3,(H,24,29). The van der Waals surface area contributed by atoms with Crippen LogP contribution < -0.4 is 15.0 Å². The van der Waals surface area contributed by atoms with Crippen molar-refractivity contribution in [2.75, 3.05) is 44.7 Å². The SMILES string of the molecule is COc1cc(C(=O)NCC(=O)N2CCN(c3ccccn3)CC2)nc2ccccc12. The van der Waals surface area contributed by atoms with Crippen LogP contribution in [-0.2, 0) is 4.79 Å². The molecule has 3 aromatic rings. The highest BCUT2D eigenvalue weighted by Gasteiger charge is 2.22. The van der Waals surface area contributed by atoms with Gasteiger partial charge in [-0.05, 0) is 24.3 Å². The van der Waals surface area contributed by atoms with Gasteiger partial charge in [0.15, 0.2) is 0 Å². The Kier molecular flexibility index (Phi) is 5.74. The molecule has 0 aliphatic carbocycles. The summed E-state index contributed by atoms with van der Waals surface area (Å²) in [7, 11) is 1.55. The van der Waals surface area contributed by atoms with Crippen molar-refractivity contribution in [2.45, 2.75) is 0 Å². The summed E-state index contributed by atoms with van der Waals surface area (Å²) in [5.41, 5.74) is 0.886. The number of carbonyl (C=O) groups is 2. The Labute approximate surface area is 174 Å². The van der Waals surface area contributed by atoms with Crippen molar-refractivity contribution in [2.24, 2.45) is 0 Å². The number of hydrogen-bond donors (Lipinski definition) is 1. The molecule has 0 spiro atoms. The van der Waals surface area contributed by atoms with E-state index in [4.69, 9.17) is 4.74 Å². The quantitative estimate of drug-likeness (QED) is 0.696. The number of hydrogen-bond acceptors (Lipinski definition) is 6. The topological polar surface area (TPSA) is 87.7 Å². The van der Waals surface area contributed by atoms with Gasteiger partial charge < -0.3 is 19.9 Å². The van der Waals surface area contributed by atoms with Crippen LogP contribution in [0, 0.1) is 0 Å². The first-order valence-corrected chi connectivity index (χ1v) is 9.81. The Balaban J connectivity index is 1.34. The molecular formula is C22H23N5O3. The summed E-state index contributed by atoms with van der Waals surface area (Å²) in [6, 6.07) is 14.8. The lowest BCUT2D eigenvalue weighted by atomic mass is 10.1. The minimum atomic E-state index is -0.403. The largest absolute Gasteiger partial charge is 0.496 e. The van der Waals surface area contributed by atoms with Gasteiger partial charge in [-0.25, -0.2) is 9.97 Å². The Hall–Kier alpha value is -3.68. The molecule has 2 amide bonds. The van der Waals surface area contributed by atoms with E-state index in [1.807, 2.05) is 42.5 Å². The van der Waals surface area contributed by atoms with E-state index in [9.17, 15) is 9.59 Å². The van der Waals surface area contributed by atoms with Crippen molar-refractivity contribution in [3.8, 4) is 5.75 Å². The number of amides is 2. The number of nitrogens with zero attached hydrogens (tertiary/aromatic N) is 4. The van der Waals surface area contributed by atoms with Gasteiger partial charge in [0.1, 0.15) is 17.3 Å². The maximum atomic E-state index is 12.6. The molecule has 8 nitrogen and oxygen atoms in total. The fourth-order valence-electron chi connectivity index (χ4n) is 3.51. The van der Waals surface area contributed by atoms with E-state index in [0.717, 1.165) is 11.2 Å². The molecule has 1 N–H and O–H groups in total. The fraction of sp³-hybridized carbons (Fsp3) is 0.273. The number of rotatable bonds is 5. The number of para-hydroxylation sites is 1. The van der Waals surface area contributed by atoms with E-state index < -0.39 is 5.91 Å². The Morgan fingerprint density at radius 3 is 2.57 bits per heavy atom. The predicted molar refractivity (Wildman–Crippen MR) is 114 cm³/mol. The van der Waals surface area contributed by atoms with Crippen molar-refractivity contribution < 1.29 is 14.3 Å². The van der Waals surface area contributed by atoms with Crippen molar-refractivity contribution >= 4 is 28.5 Å². The van der Waals surface area contributed by atoms with Crippen LogP contribution in [0.3, 0.4) is 0 Å². The van der Waals surface area contributed by atoms with Crippen LogP contribution in [-0.4, -0.2) is 66.5 Å². The summed E-state index contributed by atoms with van der Waals surface area (Å²) in [4.78, 5) is 37.7. The number of carbonyl (C=O) groups excluding carboxylic acids is 2. The van der Waals surface area contributed by atoms with E-state index >= 15 is 0 Å². The number of ether oxygens (including phenoxy) is 1. The lowest BCUT2D eigenvalue weighted by molar-refractivity contribution is -0.130. The minimum Gasteiger partial charge on any atom is -0.496 e. The highest BCUT2D eigenvalue weighted by molar-refractivity contribution is 5.98. The molecule has 0 unspecified atom stereocenters. The number of benzene rings is 1. The summed E-state index contributed by atoms with van der Waals surface area (Å²) >= 11 is 0. The number of piperazine rings is 1. The second-order valence-electron chi connectivity index (χ2n) is 6.97. The predicted octanol–water partition coefficient (Wildman–Crippen LogP) is 1.72. The average molecular weight is 405 g/mol. The molecule has 1 aromatic carbocycles. The lowest BCUT2D eigenvalue weighted by Gasteiger charge is -2.35. The van der Waals surface area contributed by atoms with Crippen LogP contribution in [0.1, 0.15) is 10.5 Å². The molecule has 0 atom stereocenters. The highest BCUT2D eigenvalue weighted by atomic mass is 16.5. The van der Waals surface area contributed by atoms with E-state index in [1.165, 1.54) is 0 Å². The van der Waals surface area contributed by atoms with E-state index in [1.54, 1.807) is 24.3 Å². The Bertz CT molecular complexity index is 1050. The molecule has 30 heavy (non-hydrogen) atoms. The molecule has 0 bridgehead atoms. The maximum absolute atomic E-state index is 12.6. The molecule has 1 aliphatic heterocycles. The van der Waals surface area contributed by atoms with Gasteiger partial charge >= 0.3 is 0 Å². The second kappa shape index (κ2) is 8.77. The van der Waals surface area contributed by atoms with Gasteiger partial charge in [0.25, 0.3) is 5.91 Å². The maximum Gasteiger partial charge on any atom is 0.270 e. The third-order valence-electron chi connectivity index (χ3n) is 5.14. The Morgan fingerprint density at radius 2 is 1.83 bits per heavy atom. The highest BCUT2D eigenvalue weighted by Crippen LogP contribution is 2.24. The zero-order chi connectivity index (χ0) is 20.9. The third kappa shape index (κ3) is 4.17. The molecule has 3 heterocycles. The van der Waals surface area contributed by atoms with Gasteiger partial charge in [-0.3, -0.25) is 9.59 Å². The lowest BCUT2D eigenvalue weighted by Crippen LogP contribution is -2.51. The average Bonchev–Trinajstić information content (AvgIpc) is 2.82. The van der Waals surface area contributed by atoms with Crippen molar-refractivity contribution in [1.82, 2.24) is 20.2 Å². The van der Waals surface area contributed by atoms with Crippen LogP contribution in [0.4, 0.5) is 5.82 Å². The second-order valence-corrected chi connectivity index (χ2v) is 6.97. The summed E-state index contributed by atoms with van der Waals surface area (Å²) in [5.74, 6) is 0.966. The molecule has 1 aliphatic rings. The monoisotopic (exact) mass is 405 g/mol. The first kappa shape index (κ1) is 19.6. The third-order valence-corrected chi connectivity index (χ3v) is 5.14. The molecule has 0 saturated carbocycles. The molecule has 1 saturated heterocycles. The first-order valence-electron chi connectivity index (χ1n) is 9.81. The molecule has 0 radical (unpaired) electrons. The summed E-state index contributed by atoms with van der Waals surface area (Å²) < 4.78 is 5.38. The molecule has 154 valence electrons. The van der Waals surface area contributed by atoms with Crippen LogP contribution >= 0.6 is 0 Å². The molecule has 4 rings (SSSR count). The van der Waals surface area contributed by atoms with Crippen LogP contribution in [0.15, 0.2) is 54.7 Å². The first-order chi connectivity index (χ1) is 14.7. The minimum absolute atomic E-state index is 0.0702. The molecule has 1 fully saturated rings.